The molecule has 0 aliphatic heterocycles. The normalized spacial score (nSPS) is 13.2. The fraction of sp³-hybridized carbons (Fsp3) is 0.400. The molecule has 0 radical (unpaired) electrons. The van der Waals surface area contributed by atoms with E-state index in [0.717, 1.165) is 32.9 Å². The van der Waals surface area contributed by atoms with Crippen LogP contribution in [0.25, 0.3) is 61.1 Å². The van der Waals surface area contributed by atoms with Gasteiger partial charge < -0.3 is 0 Å². The summed E-state index contributed by atoms with van der Waals surface area (Å²) in [7, 11) is 0. The second-order valence-corrected chi connectivity index (χ2v) is 19.1. The third-order valence-electron chi connectivity index (χ3n) is 9.53. The Labute approximate surface area is 309 Å². The minimum Gasteiger partial charge on any atom is -0.234 e. The van der Waals surface area contributed by atoms with Gasteiger partial charge in [-0.1, -0.05) is 91.2 Å². The van der Waals surface area contributed by atoms with Crippen LogP contribution in [0.3, 0.4) is 0 Å². The quantitative estimate of drug-likeness (QED) is 0.0984. The van der Waals surface area contributed by atoms with E-state index in [9.17, 15) is 0 Å². The van der Waals surface area contributed by atoms with Crippen molar-refractivity contribution in [2.75, 3.05) is 0 Å². The Morgan fingerprint density at radius 2 is 1.00 bits per heavy atom. The molecule has 7 rings (SSSR count). The van der Waals surface area contributed by atoms with E-state index in [4.69, 9.17) is 9.97 Å². The number of unbranched alkanes of at least 4 members (excludes halogenated alkanes) is 2. The standard InChI is InChI=1S/C40H44N2S6/c1-5-9-13-25(7-3)23-27-17-19-31(45-27)39-41-35-33(29-15-11-21-43-29)38-36(34(37(35)47-39)30-16-12-22-44-30)42-40(48-38)32-20-18-28(46-32)24-26(8-4)14-10-6-2/h11-12,15-22,25-26H,5-10,13-14,23-24H2,1-4H3. The summed E-state index contributed by atoms with van der Waals surface area (Å²) in [6.07, 6.45) is 12.7. The first-order valence-corrected chi connectivity index (χ1v) is 22.6. The Balaban J connectivity index is 1.33. The first-order valence-electron chi connectivity index (χ1n) is 17.6. The molecule has 0 bridgehead atoms. The van der Waals surface area contributed by atoms with Gasteiger partial charge in [0.05, 0.1) is 30.2 Å². The zero-order chi connectivity index (χ0) is 33.0. The molecule has 0 aliphatic carbocycles. The van der Waals surface area contributed by atoms with Crippen LogP contribution < -0.4 is 0 Å². The topological polar surface area (TPSA) is 25.8 Å². The molecule has 0 spiro atoms. The maximum Gasteiger partial charge on any atom is 0.134 e. The molecule has 0 aliphatic rings. The van der Waals surface area contributed by atoms with Crippen LogP contribution >= 0.6 is 68.0 Å². The number of thiazole rings is 2. The lowest BCUT2D eigenvalue weighted by molar-refractivity contribution is 0.452. The van der Waals surface area contributed by atoms with Crippen LogP contribution in [0.2, 0.25) is 0 Å². The smallest absolute Gasteiger partial charge is 0.134 e. The molecule has 0 saturated heterocycles. The number of nitrogens with zero attached hydrogens (tertiary/aromatic N) is 2. The number of aromatic nitrogens is 2. The maximum atomic E-state index is 5.50. The van der Waals surface area contributed by atoms with Gasteiger partial charge in [0.2, 0.25) is 0 Å². The summed E-state index contributed by atoms with van der Waals surface area (Å²) in [6, 6.07) is 18.2. The van der Waals surface area contributed by atoms with Gasteiger partial charge >= 0.3 is 0 Å². The van der Waals surface area contributed by atoms with E-state index in [1.54, 1.807) is 0 Å². The highest BCUT2D eigenvalue weighted by atomic mass is 32.1. The lowest BCUT2D eigenvalue weighted by atomic mass is 9.95. The monoisotopic (exact) mass is 744 g/mol. The van der Waals surface area contributed by atoms with Crippen molar-refractivity contribution >= 4 is 88.5 Å². The number of fused-ring (bicyclic) bond motifs is 2. The number of benzene rings is 1. The number of hydrogen-bond donors (Lipinski definition) is 0. The number of rotatable bonds is 16. The lowest BCUT2D eigenvalue weighted by Crippen LogP contribution is -2.01. The Kier molecular flexibility index (Phi) is 11.3. The van der Waals surface area contributed by atoms with Crippen molar-refractivity contribution in [3.63, 3.8) is 0 Å². The predicted octanol–water partition coefficient (Wildman–Crippen LogP) is 15.3. The van der Waals surface area contributed by atoms with E-state index in [0.29, 0.717) is 0 Å². The molecule has 0 saturated carbocycles. The van der Waals surface area contributed by atoms with Gasteiger partial charge in [0.15, 0.2) is 0 Å². The van der Waals surface area contributed by atoms with Crippen LogP contribution in [0, 0.1) is 11.8 Å². The molecule has 6 aromatic heterocycles. The van der Waals surface area contributed by atoms with Crippen molar-refractivity contribution in [2.45, 2.75) is 91.9 Å². The summed E-state index contributed by atoms with van der Waals surface area (Å²) in [5, 5.41) is 6.65. The van der Waals surface area contributed by atoms with Crippen molar-refractivity contribution in [1.29, 1.82) is 0 Å². The summed E-state index contributed by atoms with van der Waals surface area (Å²) in [5.41, 5.74) is 4.76. The first-order chi connectivity index (χ1) is 23.6. The molecule has 0 fully saturated rings. The zero-order valence-electron chi connectivity index (χ0n) is 28.3. The van der Waals surface area contributed by atoms with E-state index in [1.165, 1.54) is 114 Å². The molecule has 2 nitrogen and oxygen atoms in total. The molecule has 250 valence electrons. The van der Waals surface area contributed by atoms with Crippen LogP contribution in [0.15, 0.2) is 59.3 Å². The van der Waals surface area contributed by atoms with Gasteiger partial charge in [0, 0.05) is 30.6 Å². The molecular formula is C40H44N2S6. The summed E-state index contributed by atoms with van der Waals surface area (Å²) in [6.45, 7) is 9.29. The average Bonchev–Trinajstić information content (AvgIpc) is 3.94. The van der Waals surface area contributed by atoms with E-state index in [1.807, 2.05) is 68.0 Å². The predicted molar refractivity (Wildman–Crippen MR) is 220 cm³/mol. The minimum absolute atomic E-state index is 0.767. The van der Waals surface area contributed by atoms with Gasteiger partial charge in [-0.05, 0) is 71.8 Å². The maximum absolute atomic E-state index is 5.50. The lowest BCUT2D eigenvalue weighted by Gasteiger charge is -2.12. The van der Waals surface area contributed by atoms with Crippen molar-refractivity contribution in [2.24, 2.45) is 11.8 Å². The van der Waals surface area contributed by atoms with Crippen molar-refractivity contribution in [3.05, 3.63) is 69.0 Å². The second-order valence-electron chi connectivity index (χ2n) is 12.9. The summed E-state index contributed by atoms with van der Waals surface area (Å²) in [4.78, 5) is 19.1. The first kappa shape index (κ1) is 34.3. The third-order valence-corrected chi connectivity index (χ3v) is 16.0. The van der Waals surface area contributed by atoms with Crippen LogP contribution in [-0.4, -0.2) is 9.97 Å². The fourth-order valence-electron chi connectivity index (χ4n) is 6.70. The largest absolute Gasteiger partial charge is 0.234 e. The molecule has 7 aromatic rings. The molecular weight excluding hydrogens is 701 g/mol. The van der Waals surface area contributed by atoms with E-state index < -0.39 is 0 Å². The Hall–Kier alpha value is -2.20. The van der Waals surface area contributed by atoms with Gasteiger partial charge in [-0.25, -0.2) is 9.97 Å². The zero-order valence-corrected chi connectivity index (χ0v) is 33.2. The van der Waals surface area contributed by atoms with Crippen LogP contribution in [0.1, 0.15) is 88.8 Å². The van der Waals surface area contributed by atoms with E-state index in [2.05, 4.69) is 87.0 Å². The SMILES string of the molecule is CCCCC(CC)Cc1ccc(-c2nc3c(-c4cccs4)c4sc(-c5ccc(CC(CC)CCCC)s5)nc4c(-c4cccs4)c3s2)s1. The summed E-state index contributed by atoms with van der Waals surface area (Å²) >= 11 is 11.2. The average molecular weight is 745 g/mol. The Morgan fingerprint density at radius 3 is 1.38 bits per heavy atom. The minimum atomic E-state index is 0.767. The molecule has 48 heavy (non-hydrogen) atoms. The van der Waals surface area contributed by atoms with Crippen LogP contribution in [0.5, 0.6) is 0 Å². The summed E-state index contributed by atoms with van der Waals surface area (Å²) < 4.78 is 2.52. The molecule has 8 heteroatoms. The molecule has 2 atom stereocenters. The third kappa shape index (κ3) is 7.17. The van der Waals surface area contributed by atoms with Gasteiger partial charge in [0.25, 0.3) is 0 Å². The highest BCUT2D eigenvalue weighted by molar-refractivity contribution is 7.28. The Bertz CT molecular complexity index is 1850. The van der Waals surface area contributed by atoms with Crippen LogP contribution in [0.4, 0.5) is 0 Å². The van der Waals surface area contributed by atoms with Crippen LogP contribution in [-0.2, 0) is 12.8 Å². The van der Waals surface area contributed by atoms with E-state index in [-0.39, 0.29) is 0 Å². The second kappa shape index (κ2) is 15.8. The number of hydrogen-bond acceptors (Lipinski definition) is 8. The van der Waals surface area contributed by atoms with E-state index >= 15 is 0 Å². The molecule has 0 amide bonds. The van der Waals surface area contributed by atoms with Gasteiger partial charge in [-0.3, -0.25) is 0 Å². The molecule has 1 aromatic carbocycles. The Morgan fingerprint density at radius 1 is 0.542 bits per heavy atom. The van der Waals surface area contributed by atoms with Crippen molar-refractivity contribution < 1.29 is 0 Å². The molecule has 6 heterocycles. The van der Waals surface area contributed by atoms with Gasteiger partial charge in [-0.2, -0.15) is 0 Å². The van der Waals surface area contributed by atoms with Crippen molar-refractivity contribution in [1.82, 2.24) is 9.97 Å². The van der Waals surface area contributed by atoms with Crippen molar-refractivity contribution in [3.8, 4) is 40.7 Å². The highest BCUT2D eigenvalue weighted by Crippen LogP contribution is 2.52. The van der Waals surface area contributed by atoms with Gasteiger partial charge in [0.1, 0.15) is 10.0 Å². The number of thiophene rings is 4. The fourth-order valence-corrected chi connectivity index (χ4v) is 13.0. The molecule has 0 N–H and O–H groups in total. The summed E-state index contributed by atoms with van der Waals surface area (Å²) in [5.74, 6) is 1.53. The van der Waals surface area contributed by atoms with Gasteiger partial charge in [-0.15, -0.1) is 68.0 Å². The highest BCUT2D eigenvalue weighted by Gasteiger charge is 2.26. The molecule has 2 unspecified atom stereocenters.